The molecule has 0 fully saturated rings. The summed E-state index contributed by atoms with van der Waals surface area (Å²) in [6.45, 7) is 0.0388. The minimum Gasteiger partial charge on any atom is -0.493 e. The smallest absolute Gasteiger partial charge is 0.416 e. The average Bonchev–Trinajstić information content (AvgIpc) is 2.82. The largest absolute Gasteiger partial charge is 0.493 e. The fraction of sp³-hybridized carbons (Fsp3) is 0.130. The summed E-state index contributed by atoms with van der Waals surface area (Å²) in [7, 11) is 1.42. The summed E-state index contributed by atoms with van der Waals surface area (Å²) in [5, 5.41) is 14.7. The number of nitro groups is 1. The first-order chi connectivity index (χ1) is 16.6. The van der Waals surface area contributed by atoms with E-state index in [-0.39, 0.29) is 17.9 Å². The molecule has 0 saturated carbocycles. The summed E-state index contributed by atoms with van der Waals surface area (Å²) in [4.78, 5) is 22.6. The first kappa shape index (κ1) is 25.7. The number of hydrazone groups is 1. The third-order valence-corrected chi connectivity index (χ3v) is 5.18. The first-order valence-electron chi connectivity index (χ1n) is 9.83. The molecular weight excluding hydrogens is 535 g/mol. The van der Waals surface area contributed by atoms with E-state index >= 15 is 0 Å². The van der Waals surface area contributed by atoms with Gasteiger partial charge in [-0.05, 0) is 57.4 Å². The van der Waals surface area contributed by atoms with Gasteiger partial charge in [0.1, 0.15) is 6.61 Å². The van der Waals surface area contributed by atoms with Crippen molar-refractivity contribution in [2.75, 3.05) is 7.11 Å². The number of nitrogens with one attached hydrogen (secondary N) is 1. The van der Waals surface area contributed by atoms with Gasteiger partial charge in [-0.1, -0.05) is 18.2 Å². The van der Waals surface area contributed by atoms with E-state index in [1.807, 2.05) is 0 Å². The summed E-state index contributed by atoms with van der Waals surface area (Å²) in [5.74, 6) is -0.157. The Morgan fingerprint density at radius 1 is 1.17 bits per heavy atom. The first-order valence-corrected chi connectivity index (χ1v) is 10.6. The number of methoxy groups -OCH3 is 1. The van der Waals surface area contributed by atoms with Crippen LogP contribution in [0.3, 0.4) is 0 Å². The minimum atomic E-state index is -4.57. The molecule has 0 bridgehead atoms. The molecule has 0 saturated heterocycles. The van der Waals surface area contributed by atoms with Gasteiger partial charge in [0, 0.05) is 17.7 Å². The molecule has 0 radical (unpaired) electrons. The number of alkyl halides is 3. The van der Waals surface area contributed by atoms with Crippen molar-refractivity contribution in [1.29, 1.82) is 0 Å². The van der Waals surface area contributed by atoms with Crippen LogP contribution in [0.25, 0.3) is 0 Å². The molecule has 0 heterocycles. The fourth-order valence-corrected chi connectivity index (χ4v) is 3.51. The SMILES string of the molecule is COc1cc(/C=N\NC(=O)c2cccc(C(F)(F)F)c2)cc(Br)c1OCc1cccc([N+](=O)[O-])c1. The van der Waals surface area contributed by atoms with E-state index < -0.39 is 22.6 Å². The molecule has 0 unspecified atom stereocenters. The number of amides is 1. The highest BCUT2D eigenvalue weighted by molar-refractivity contribution is 9.10. The van der Waals surface area contributed by atoms with Crippen LogP contribution in [0.15, 0.2) is 70.2 Å². The maximum Gasteiger partial charge on any atom is 0.416 e. The Morgan fingerprint density at radius 3 is 2.60 bits per heavy atom. The van der Waals surface area contributed by atoms with Gasteiger partial charge in [-0.2, -0.15) is 18.3 Å². The van der Waals surface area contributed by atoms with Gasteiger partial charge in [-0.3, -0.25) is 14.9 Å². The second-order valence-corrected chi connectivity index (χ2v) is 7.88. The standard InChI is InChI=1S/C23H17BrF3N3O5/c1-34-20-10-15(12-28-29-22(31)16-5-3-6-17(11-16)23(25,26)27)9-19(24)21(20)35-13-14-4-2-7-18(8-14)30(32)33/h2-12H,13H2,1H3,(H,29,31)/b28-12-. The number of carbonyl (C=O) groups is 1. The lowest BCUT2D eigenvalue weighted by Gasteiger charge is -2.13. The number of rotatable bonds is 8. The van der Waals surface area contributed by atoms with Gasteiger partial charge >= 0.3 is 6.18 Å². The van der Waals surface area contributed by atoms with Crippen molar-refractivity contribution in [3.63, 3.8) is 0 Å². The normalized spacial score (nSPS) is 11.3. The summed E-state index contributed by atoms with van der Waals surface area (Å²) < 4.78 is 50.1. The van der Waals surface area contributed by atoms with Crippen LogP contribution >= 0.6 is 15.9 Å². The van der Waals surface area contributed by atoms with Crippen molar-refractivity contribution in [3.05, 3.63) is 97.5 Å². The lowest BCUT2D eigenvalue weighted by molar-refractivity contribution is -0.384. The monoisotopic (exact) mass is 551 g/mol. The lowest BCUT2D eigenvalue weighted by atomic mass is 10.1. The number of nitrogens with zero attached hydrogens (tertiary/aromatic N) is 2. The third kappa shape index (κ3) is 6.79. The molecule has 0 aliphatic heterocycles. The highest BCUT2D eigenvalue weighted by atomic mass is 79.9. The second-order valence-electron chi connectivity index (χ2n) is 7.03. The van der Waals surface area contributed by atoms with Crippen LogP contribution in [0.1, 0.15) is 27.0 Å². The molecule has 12 heteroatoms. The number of benzene rings is 3. The molecule has 8 nitrogen and oxygen atoms in total. The van der Waals surface area contributed by atoms with Crippen molar-refractivity contribution in [2.24, 2.45) is 5.10 Å². The third-order valence-electron chi connectivity index (χ3n) is 4.59. The molecular formula is C23H17BrF3N3O5. The number of non-ortho nitro benzene ring substituents is 1. The van der Waals surface area contributed by atoms with Crippen molar-refractivity contribution >= 4 is 33.7 Å². The highest BCUT2D eigenvalue weighted by Crippen LogP contribution is 2.37. The molecule has 0 atom stereocenters. The molecule has 0 aliphatic carbocycles. The quantitative estimate of drug-likeness (QED) is 0.219. The zero-order valence-corrected chi connectivity index (χ0v) is 19.6. The molecule has 3 rings (SSSR count). The molecule has 0 spiro atoms. The van der Waals surface area contributed by atoms with E-state index in [2.05, 4.69) is 26.5 Å². The van der Waals surface area contributed by atoms with Crippen LogP contribution < -0.4 is 14.9 Å². The van der Waals surface area contributed by atoms with Gasteiger partial charge in [-0.25, -0.2) is 5.43 Å². The Bertz CT molecular complexity index is 1280. The maximum atomic E-state index is 12.8. The Kier molecular flexibility index (Phi) is 8.07. The van der Waals surface area contributed by atoms with Crippen LogP contribution in [0.5, 0.6) is 11.5 Å². The van der Waals surface area contributed by atoms with Gasteiger partial charge in [-0.15, -0.1) is 0 Å². The Hall–Kier alpha value is -3.93. The summed E-state index contributed by atoms with van der Waals surface area (Å²) >= 11 is 3.37. The second kappa shape index (κ2) is 11.0. The molecule has 3 aromatic rings. The van der Waals surface area contributed by atoms with Gasteiger partial charge < -0.3 is 9.47 Å². The molecule has 3 aromatic carbocycles. The fourth-order valence-electron chi connectivity index (χ4n) is 2.94. The average molecular weight is 552 g/mol. The van der Waals surface area contributed by atoms with Crippen molar-refractivity contribution < 1.29 is 32.4 Å². The molecule has 0 aliphatic rings. The molecule has 35 heavy (non-hydrogen) atoms. The number of hydrogen-bond acceptors (Lipinski definition) is 6. The van der Waals surface area contributed by atoms with Gasteiger partial charge in [0.2, 0.25) is 0 Å². The molecule has 182 valence electrons. The zero-order chi connectivity index (χ0) is 25.6. The van der Waals surface area contributed by atoms with E-state index in [0.717, 1.165) is 18.2 Å². The predicted octanol–water partition coefficient (Wildman–Crippen LogP) is 5.73. The Labute approximate surface area is 205 Å². The lowest BCUT2D eigenvalue weighted by Crippen LogP contribution is -2.18. The van der Waals surface area contributed by atoms with E-state index in [9.17, 15) is 28.1 Å². The van der Waals surface area contributed by atoms with E-state index in [0.29, 0.717) is 27.1 Å². The van der Waals surface area contributed by atoms with Crippen LogP contribution in [0.2, 0.25) is 0 Å². The number of nitro benzene ring substituents is 1. The highest BCUT2D eigenvalue weighted by Gasteiger charge is 2.30. The summed E-state index contributed by atoms with van der Waals surface area (Å²) in [5.41, 5.74) is 2.05. The van der Waals surface area contributed by atoms with Gasteiger partial charge in [0.05, 0.1) is 28.3 Å². The number of carbonyl (C=O) groups excluding carboxylic acids is 1. The predicted molar refractivity (Wildman–Crippen MR) is 125 cm³/mol. The summed E-state index contributed by atoms with van der Waals surface area (Å²) in [6.07, 6.45) is -3.29. The van der Waals surface area contributed by atoms with Crippen molar-refractivity contribution in [3.8, 4) is 11.5 Å². The molecule has 0 aromatic heterocycles. The number of halogens is 4. The van der Waals surface area contributed by atoms with Crippen LogP contribution in [-0.4, -0.2) is 24.2 Å². The minimum absolute atomic E-state index is 0.0388. The Balaban J connectivity index is 1.70. The van der Waals surface area contributed by atoms with Crippen LogP contribution in [0.4, 0.5) is 18.9 Å². The van der Waals surface area contributed by atoms with Crippen molar-refractivity contribution in [1.82, 2.24) is 5.43 Å². The van der Waals surface area contributed by atoms with Crippen LogP contribution in [-0.2, 0) is 12.8 Å². The maximum absolute atomic E-state index is 12.8. The number of ether oxygens (including phenoxy) is 2. The molecule has 1 amide bonds. The van der Waals surface area contributed by atoms with Crippen molar-refractivity contribution in [2.45, 2.75) is 12.8 Å². The zero-order valence-electron chi connectivity index (χ0n) is 18.0. The van der Waals surface area contributed by atoms with E-state index in [1.54, 1.807) is 24.3 Å². The van der Waals surface area contributed by atoms with Gasteiger partial charge in [0.15, 0.2) is 11.5 Å². The van der Waals surface area contributed by atoms with Gasteiger partial charge in [0.25, 0.3) is 11.6 Å². The van der Waals surface area contributed by atoms with E-state index in [4.69, 9.17) is 9.47 Å². The summed E-state index contributed by atoms with van der Waals surface area (Å²) in [6, 6.07) is 13.2. The van der Waals surface area contributed by atoms with E-state index in [1.165, 1.54) is 31.5 Å². The van der Waals surface area contributed by atoms with Crippen LogP contribution in [0, 0.1) is 10.1 Å². The molecule has 1 N–H and O–H groups in total. The Morgan fingerprint density at radius 2 is 1.91 bits per heavy atom. The topological polar surface area (TPSA) is 103 Å². The number of hydrogen-bond donors (Lipinski definition) is 1.